The third-order valence-corrected chi connectivity index (χ3v) is 2.49. The van der Waals surface area contributed by atoms with Crippen LogP contribution in [0.4, 0.5) is 0 Å². The number of hydrogen-bond acceptors (Lipinski definition) is 2. The fraction of sp³-hybridized carbons (Fsp3) is 0.417. The number of aliphatic hydroxyl groups excluding tert-OH is 2. The molecule has 0 bridgehead atoms. The van der Waals surface area contributed by atoms with E-state index in [9.17, 15) is 0 Å². The van der Waals surface area contributed by atoms with Crippen LogP contribution in [0.5, 0.6) is 0 Å². The maximum atomic E-state index is 9.15. The van der Waals surface area contributed by atoms with Gasteiger partial charge >= 0.3 is 0 Å². The molecule has 1 unspecified atom stereocenters. The van der Waals surface area contributed by atoms with Crippen LogP contribution >= 0.6 is 0 Å². The average molecular weight is 193 g/mol. The van der Waals surface area contributed by atoms with Crippen molar-refractivity contribution in [3.63, 3.8) is 0 Å². The highest BCUT2D eigenvalue weighted by Crippen LogP contribution is 2.23. The predicted molar refractivity (Wildman–Crippen MR) is 56.9 cm³/mol. The van der Waals surface area contributed by atoms with E-state index in [1.54, 1.807) is 0 Å². The average Bonchev–Trinajstić information content (AvgIpc) is 2.26. The summed E-state index contributed by atoms with van der Waals surface area (Å²) < 4.78 is 0. The Kier molecular flexibility index (Phi) is 4.11. The lowest BCUT2D eigenvalue weighted by molar-refractivity contribution is 0.276. The summed E-state index contributed by atoms with van der Waals surface area (Å²) in [6.07, 6.45) is 0.859. The Morgan fingerprint density at radius 1 is 1.36 bits per heavy atom. The molecule has 0 saturated heterocycles. The molecule has 2 N–H and O–H groups in total. The quantitative estimate of drug-likeness (QED) is 0.763. The van der Waals surface area contributed by atoms with Crippen molar-refractivity contribution in [1.82, 2.24) is 0 Å². The topological polar surface area (TPSA) is 40.5 Å². The van der Waals surface area contributed by atoms with E-state index in [4.69, 9.17) is 10.2 Å². The fourth-order valence-electron chi connectivity index (χ4n) is 1.71. The zero-order chi connectivity index (χ0) is 10.6. The van der Waals surface area contributed by atoms with Crippen LogP contribution in [0.1, 0.15) is 29.5 Å². The first-order valence-corrected chi connectivity index (χ1v) is 4.90. The van der Waals surface area contributed by atoms with Crippen molar-refractivity contribution in [1.29, 1.82) is 0 Å². The molecule has 77 valence electrons. The third kappa shape index (κ3) is 2.14. The molecule has 2 nitrogen and oxygen atoms in total. The summed E-state index contributed by atoms with van der Waals surface area (Å²) in [5.74, 6) is -0.101. The van der Waals surface area contributed by atoms with Gasteiger partial charge in [0, 0.05) is 12.5 Å². The van der Waals surface area contributed by atoms with E-state index in [0.29, 0.717) is 0 Å². The Balaban J connectivity index is 3.14. The number of hydrogen-bond donors (Lipinski definition) is 2. The van der Waals surface area contributed by atoms with Crippen LogP contribution < -0.4 is 0 Å². The lowest BCUT2D eigenvalue weighted by Gasteiger charge is -2.16. The molecule has 0 saturated carbocycles. The molecule has 0 amide bonds. The van der Waals surface area contributed by atoms with Gasteiger partial charge in [-0.25, -0.2) is 0 Å². The minimum absolute atomic E-state index is 0.0435. The molecule has 0 fully saturated rings. The summed E-state index contributed by atoms with van der Waals surface area (Å²) >= 11 is 0. The Morgan fingerprint density at radius 2 is 2.07 bits per heavy atom. The number of benzene rings is 1. The molecule has 0 aliphatic rings. The van der Waals surface area contributed by atoms with Crippen LogP contribution in [-0.2, 0) is 13.0 Å². The van der Waals surface area contributed by atoms with Crippen molar-refractivity contribution in [3.05, 3.63) is 41.8 Å². The second kappa shape index (κ2) is 5.13. The summed E-state index contributed by atoms with van der Waals surface area (Å²) in [6.45, 7) is 6.02. The molecule has 1 rings (SSSR count). The maximum absolute atomic E-state index is 9.15. The van der Waals surface area contributed by atoms with E-state index < -0.39 is 0 Å². The predicted octanol–water partition coefficient (Wildman–Crippen LogP) is 1.65. The van der Waals surface area contributed by atoms with Crippen molar-refractivity contribution in [2.75, 3.05) is 6.61 Å². The van der Waals surface area contributed by atoms with Crippen LogP contribution in [0.25, 0.3) is 0 Å². The first kappa shape index (κ1) is 11.2. The summed E-state index contributed by atoms with van der Waals surface area (Å²) in [4.78, 5) is 0. The normalized spacial score (nSPS) is 12.9. The minimum atomic E-state index is -0.101. The Bertz CT molecular complexity index is 294. The molecule has 1 aromatic carbocycles. The zero-order valence-electron chi connectivity index (χ0n) is 8.53. The van der Waals surface area contributed by atoms with E-state index in [2.05, 4.69) is 6.92 Å². The van der Waals surface area contributed by atoms with Gasteiger partial charge in [-0.1, -0.05) is 25.1 Å². The second-order valence-corrected chi connectivity index (χ2v) is 3.38. The van der Waals surface area contributed by atoms with Gasteiger partial charge in [-0.15, -0.1) is 0 Å². The zero-order valence-corrected chi connectivity index (χ0v) is 8.53. The summed E-state index contributed by atoms with van der Waals surface area (Å²) in [7, 11) is 0. The first-order valence-electron chi connectivity index (χ1n) is 4.90. The maximum Gasteiger partial charge on any atom is 0.0684 e. The summed E-state index contributed by atoms with van der Waals surface area (Å²) in [6, 6.07) is 5.77. The van der Waals surface area contributed by atoms with Gasteiger partial charge in [0.25, 0.3) is 0 Å². The molecule has 2 heteroatoms. The minimum Gasteiger partial charge on any atom is -0.396 e. The van der Waals surface area contributed by atoms with E-state index in [0.717, 1.165) is 23.1 Å². The van der Waals surface area contributed by atoms with Gasteiger partial charge in [-0.3, -0.25) is 0 Å². The highest BCUT2D eigenvalue weighted by molar-refractivity contribution is 5.37. The van der Waals surface area contributed by atoms with Crippen LogP contribution in [-0.4, -0.2) is 16.8 Å². The lowest BCUT2D eigenvalue weighted by Crippen LogP contribution is -2.06. The number of aliphatic hydroxyl groups is 2. The van der Waals surface area contributed by atoms with Gasteiger partial charge in [0.15, 0.2) is 0 Å². The van der Waals surface area contributed by atoms with Crippen LogP contribution in [0.15, 0.2) is 18.2 Å². The highest BCUT2D eigenvalue weighted by Gasteiger charge is 2.11. The van der Waals surface area contributed by atoms with Gasteiger partial charge in [-0.2, -0.15) is 0 Å². The lowest BCUT2D eigenvalue weighted by atomic mass is 9.91. The largest absolute Gasteiger partial charge is 0.396 e. The molecular formula is C12H17O2. The van der Waals surface area contributed by atoms with E-state index in [1.165, 1.54) is 0 Å². The standard InChI is InChI=1S/C12H17O2/c1-3-11-10(8-14)5-4-6-12(11)9(2)7-13/h4-6,9,13-14H,2-3,7-8H2,1H3. The SMILES string of the molecule is [CH2]C(CO)c1cccc(CO)c1CC. The van der Waals surface area contributed by atoms with Crippen molar-refractivity contribution in [2.45, 2.75) is 25.9 Å². The monoisotopic (exact) mass is 193 g/mol. The summed E-state index contributed by atoms with van der Waals surface area (Å²) in [5, 5.41) is 18.2. The van der Waals surface area contributed by atoms with E-state index >= 15 is 0 Å². The molecular weight excluding hydrogens is 176 g/mol. The fourth-order valence-corrected chi connectivity index (χ4v) is 1.71. The molecule has 0 spiro atoms. The van der Waals surface area contributed by atoms with Crippen molar-refractivity contribution in [2.24, 2.45) is 0 Å². The van der Waals surface area contributed by atoms with Crippen molar-refractivity contribution in [3.8, 4) is 0 Å². The Labute approximate surface area is 85.2 Å². The summed E-state index contributed by atoms with van der Waals surface area (Å²) in [5.41, 5.74) is 3.10. The van der Waals surface area contributed by atoms with E-state index in [1.807, 2.05) is 25.1 Å². The molecule has 1 aromatic rings. The molecule has 0 aromatic heterocycles. The smallest absolute Gasteiger partial charge is 0.0684 e. The molecule has 0 aliphatic heterocycles. The molecule has 1 atom stereocenters. The van der Waals surface area contributed by atoms with Gasteiger partial charge in [0.1, 0.15) is 0 Å². The molecule has 0 aliphatic carbocycles. The Morgan fingerprint density at radius 3 is 2.57 bits per heavy atom. The second-order valence-electron chi connectivity index (χ2n) is 3.38. The van der Waals surface area contributed by atoms with Gasteiger partial charge in [0.05, 0.1) is 6.61 Å². The highest BCUT2D eigenvalue weighted by atomic mass is 16.3. The Hall–Kier alpha value is -0.860. The third-order valence-electron chi connectivity index (χ3n) is 2.49. The van der Waals surface area contributed by atoms with Crippen LogP contribution in [0, 0.1) is 6.92 Å². The first-order chi connectivity index (χ1) is 6.74. The van der Waals surface area contributed by atoms with Crippen molar-refractivity contribution < 1.29 is 10.2 Å². The van der Waals surface area contributed by atoms with E-state index in [-0.39, 0.29) is 19.1 Å². The molecule has 14 heavy (non-hydrogen) atoms. The number of rotatable bonds is 4. The van der Waals surface area contributed by atoms with Crippen molar-refractivity contribution >= 4 is 0 Å². The van der Waals surface area contributed by atoms with Crippen LogP contribution in [0.2, 0.25) is 0 Å². The van der Waals surface area contributed by atoms with Gasteiger partial charge in [0.2, 0.25) is 0 Å². The molecule has 1 radical (unpaired) electrons. The molecule has 0 heterocycles. The van der Waals surface area contributed by atoms with Gasteiger partial charge < -0.3 is 10.2 Å². The van der Waals surface area contributed by atoms with Gasteiger partial charge in [-0.05, 0) is 30.0 Å². The van der Waals surface area contributed by atoms with Crippen LogP contribution in [0.3, 0.4) is 0 Å².